The lowest BCUT2D eigenvalue weighted by Gasteiger charge is -2.19. The van der Waals surface area contributed by atoms with Crippen molar-refractivity contribution in [1.82, 2.24) is 0 Å². The van der Waals surface area contributed by atoms with Crippen molar-refractivity contribution in [1.29, 1.82) is 0 Å². The Morgan fingerprint density at radius 2 is 1.64 bits per heavy atom. The zero-order chi connectivity index (χ0) is 9.28. The van der Waals surface area contributed by atoms with Crippen LogP contribution >= 0.6 is 75.0 Å². The van der Waals surface area contributed by atoms with E-state index < -0.39 is 15.4 Å². The Morgan fingerprint density at radius 3 is 1.73 bits per heavy atom. The highest BCUT2D eigenvalue weighted by molar-refractivity contribution is 8.05. The van der Waals surface area contributed by atoms with Crippen molar-refractivity contribution in [3.63, 3.8) is 0 Å². The predicted molar refractivity (Wildman–Crippen MR) is 49.8 cm³/mol. The minimum Gasteiger partial charge on any atom is -0.265 e. The summed E-state index contributed by atoms with van der Waals surface area (Å²) >= 11 is 30.7. The molecule has 0 spiro atoms. The second-order valence-corrected chi connectivity index (χ2v) is 7.69. The van der Waals surface area contributed by atoms with Crippen LogP contribution in [0.4, 0.5) is 0 Å². The first-order chi connectivity index (χ1) is 4.65. The van der Waals surface area contributed by atoms with Crippen molar-refractivity contribution >= 4 is 75.0 Å². The molecule has 0 saturated carbocycles. The van der Waals surface area contributed by atoms with Gasteiger partial charge in [-0.3, -0.25) is 9.09 Å². The Morgan fingerprint density at radius 1 is 1.27 bits per heavy atom. The van der Waals surface area contributed by atoms with Gasteiger partial charge in [0.2, 0.25) is 4.84 Å². The van der Waals surface area contributed by atoms with Crippen molar-refractivity contribution in [3.8, 4) is 0 Å². The van der Waals surface area contributed by atoms with Crippen LogP contribution in [0.1, 0.15) is 0 Å². The van der Waals surface area contributed by atoms with Crippen LogP contribution in [-0.2, 0) is 9.09 Å². The highest BCUT2D eigenvalue weighted by atomic mass is 35.9. The molecule has 0 aromatic rings. The Labute approximate surface area is 93.0 Å². The Balaban J connectivity index is 4.25. The molecule has 11 heavy (non-hydrogen) atoms. The van der Waals surface area contributed by atoms with Gasteiger partial charge in [-0.2, -0.15) is 0 Å². The Bertz CT molecular complexity index is 173. The second-order valence-electron chi connectivity index (χ2n) is 1.28. The van der Waals surface area contributed by atoms with Gasteiger partial charge >= 0.3 is 6.07 Å². The van der Waals surface area contributed by atoms with Crippen LogP contribution in [0.25, 0.3) is 0 Å². The number of rotatable bonds is 3. The lowest BCUT2D eigenvalue weighted by Crippen LogP contribution is -2.17. The fourth-order valence-electron chi connectivity index (χ4n) is 0.168. The summed E-state index contributed by atoms with van der Waals surface area (Å²) in [5.74, 6) is 0. The maximum Gasteiger partial charge on any atom is 0.382 e. The molecule has 0 fully saturated rings. The first kappa shape index (κ1) is 12.9. The van der Waals surface area contributed by atoms with Gasteiger partial charge in [-0.1, -0.05) is 46.4 Å². The van der Waals surface area contributed by atoms with Crippen LogP contribution in [0.5, 0.6) is 0 Å². The van der Waals surface area contributed by atoms with Gasteiger partial charge in [-0.15, -0.1) is 0 Å². The van der Waals surface area contributed by atoms with Gasteiger partial charge in [-0.05, 0) is 22.5 Å². The monoisotopic (exact) mass is 297 g/mol. The molecule has 0 aromatic heterocycles. The minimum atomic E-state index is -3.85. The zero-order valence-electron chi connectivity index (χ0n) is 4.53. The third-order valence-electron chi connectivity index (χ3n) is 0.441. The fraction of sp³-hybridized carbons (Fsp3) is 0.500. The molecule has 2 nitrogen and oxygen atoms in total. The zero-order valence-corrected chi connectivity index (χ0v) is 9.96. The summed E-state index contributed by atoms with van der Waals surface area (Å²) in [6.07, 6.45) is -3.85. The molecular formula is C2Cl6O2P. The van der Waals surface area contributed by atoms with E-state index in [4.69, 9.17) is 68.9 Å². The van der Waals surface area contributed by atoms with Crippen LogP contribution in [-0.4, -0.2) is 4.52 Å². The topological polar surface area (TPSA) is 26.3 Å². The van der Waals surface area contributed by atoms with E-state index in [-0.39, 0.29) is 0 Å². The minimum absolute atomic E-state index is 0.553. The summed E-state index contributed by atoms with van der Waals surface area (Å²) in [7, 11) is 0. The van der Waals surface area contributed by atoms with E-state index in [0.717, 1.165) is 0 Å². The van der Waals surface area contributed by atoms with E-state index in [9.17, 15) is 4.57 Å². The summed E-state index contributed by atoms with van der Waals surface area (Å²) < 4.78 is 12.6. The normalized spacial score (nSPS) is 14.1. The van der Waals surface area contributed by atoms with Crippen molar-refractivity contribution in [2.75, 3.05) is 0 Å². The molecule has 1 radical (unpaired) electrons. The highest BCUT2D eigenvalue weighted by Gasteiger charge is 2.40. The first-order valence-electron chi connectivity index (χ1n) is 1.91. The molecule has 9 heteroatoms. The van der Waals surface area contributed by atoms with Crippen molar-refractivity contribution in [3.05, 3.63) is 4.84 Å². The highest BCUT2D eigenvalue weighted by Crippen LogP contribution is 2.63. The van der Waals surface area contributed by atoms with E-state index >= 15 is 0 Å². The van der Waals surface area contributed by atoms with Gasteiger partial charge < -0.3 is 0 Å². The molecule has 67 valence electrons. The van der Waals surface area contributed by atoms with E-state index in [1.807, 2.05) is 0 Å². The summed E-state index contributed by atoms with van der Waals surface area (Å²) in [4.78, 5) is -0.553. The average molecular weight is 300 g/mol. The van der Waals surface area contributed by atoms with E-state index in [1.165, 1.54) is 0 Å². The third kappa shape index (κ3) is 6.06. The second kappa shape index (κ2) is 4.43. The number of alkyl halides is 2. The van der Waals surface area contributed by atoms with Crippen LogP contribution in [0.2, 0.25) is 0 Å². The number of hydrogen-bond acceptors (Lipinski definition) is 2. The Kier molecular flexibility index (Phi) is 5.21. The van der Waals surface area contributed by atoms with Gasteiger partial charge in [0.25, 0.3) is 4.52 Å². The van der Waals surface area contributed by atoms with Gasteiger partial charge in [0.1, 0.15) is 0 Å². The van der Waals surface area contributed by atoms with Gasteiger partial charge in [0, 0.05) is 0 Å². The lowest BCUT2D eigenvalue weighted by molar-refractivity contribution is 0.295. The van der Waals surface area contributed by atoms with E-state index in [1.54, 1.807) is 0 Å². The number of hydrogen-bond donors (Lipinski definition) is 0. The van der Waals surface area contributed by atoms with Gasteiger partial charge in [-0.25, -0.2) is 0 Å². The molecule has 0 unspecified atom stereocenters. The maximum atomic E-state index is 10.5. The molecule has 0 aliphatic rings. The first-order valence-corrected chi connectivity index (χ1v) is 6.86. The largest absolute Gasteiger partial charge is 0.382 e. The fourth-order valence-corrected chi connectivity index (χ4v) is 2.34. The molecule has 0 amide bonds. The average Bonchev–Trinajstić information content (AvgIpc) is 1.56. The standard InChI is InChI=1S/C2Cl6O2P/c3-1(4)2(5,6)10-11(7,8)9. The van der Waals surface area contributed by atoms with Gasteiger partial charge in [0.05, 0.1) is 0 Å². The maximum absolute atomic E-state index is 10.5. The van der Waals surface area contributed by atoms with Crippen LogP contribution < -0.4 is 0 Å². The van der Waals surface area contributed by atoms with Crippen molar-refractivity contribution in [2.45, 2.75) is 4.52 Å². The van der Waals surface area contributed by atoms with Crippen LogP contribution in [0.15, 0.2) is 0 Å². The van der Waals surface area contributed by atoms with E-state index in [0.29, 0.717) is 0 Å². The van der Waals surface area contributed by atoms with Crippen molar-refractivity contribution < 1.29 is 9.09 Å². The molecule has 0 aromatic carbocycles. The summed E-state index contributed by atoms with van der Waals surface area (Å²) in [5.41, 5.74) is 0. The molecule has 0 N–H and O–H groups in total. The molecule has 0 bridgehead atoms. The quantitative estimate of drug-likeness (QED) is 0.558. The summed E-state index contributed by atoms with van der Waals surface area (Å²) in [5, 5.41) is 0. The molecular weight excluding hydrogens is 300 g/mol. The smallest absolute Gasteiger partial charge is 0.265 e. The molecule has 0 rings (SSSR count). The molecule has 0 saturated heterocycles. The molecule has 0 aliphatic carbocycles. The summed E-state index contributed by atoms with van der Waals surface area (Å²) in [6, 6.07) is 0. The molecule has 0 heterocycles. The molecule has 0 atom stereocenters. The lowest BCUT2D eigenvalue weighted by atomic mass is 10.8. The third-order valence-corrected chi connectivity index (χ3v) is 3.01. The molecule has 0 aliphatic heterocycles. The SMILES string of the molecule is O=P(Cl)(Cl)OC(Cl)(Cl)[C](Cl)Cl. The van der Waals surface area contributed by atoms with Gasteiger partial charge in [0.15, 0.2) is 0 Å². The summed E-state index contributed by atoms with van der Waals surface area (Å²) in [6.45, 7) is 0. The van der Waals surface area contributed by atoms with Crippen LogP contribution in [0, 0.1) is 4.84 Å². The van der Waals surface area contributed by atoms with E-state index in [2.05, 4.69) is 4.52 Å². The Hall–Kier alpha value is 1.93. The predicted octanol–water partition coefficient (Wildman–Crippen LogP) is 4.69. The van der Waals surface area contributed by atoms with Crippen LogP contribution in [0.3, 0.4) is 0 Å². The van der Waals surface area contributed by atoms with Crippen molar-refractivity contribution in [2.24, 2.45) is 0 Å². The number of halogens is 6.